The largest absolute Gasteiger partial charge is 0.337 e. The van der Waals surface area contributed by atoms with Crippen molar-refractivity contribution >= 4 is 31.9 Å². The molecule has 1 aromatic heterocycles. The minimum absolute atomic E-state index is 0.105. The van der Waals surface area contributed by atoms with Crippen LogP contribution in [0.5, 0.6) is 0 Å². The van der Waals surface area contributed by atoms with Gasteiger partial charge >= 0.3 is 0 Å². The lowest BCUT2D eigenvalue weighted by molar-refractivity contribution is 0.0669. The summed E-state index contributed by atoms with van der Waals surface area (Å²) < 4.78 is 28.1. The van der Waals surface area contributed by atoms with Gasteiger partial charge in [-0.05, 0) is 55.9 Å². The Morgan fingerprint density at radius 2 is 1.97 bits per heavy atom. The molecule has 156 valence electrons. The van der Waals surface area contributed by atoms with Gasteiger partial charge in [0.1, 0.15) is 0 Å². The van der Waals surface area contributed by atoms with E-state index < -0.39 is 10.0 Å². The Morgan fingerprint density at radius 3 is 2.62 bits per heavy atom. The summed E-state index contributed by atoms with van der Waals surface area (Å²) in [5.74, 6) is 0.299. The van der Waals surface area contributed by atoms with E-state index in [-0.39, 0.29) is 11.8 Å². The highest BCUT2D eigenvalue weighted by atomic mass is 79.9. The van der Waals surface area contributed by atoms with Gasteiger partial charge in [0.25, 0.3) is 5.91 Å². The number of sulfonamides is 1. The molecule has 1 aliphatic heterocycles. The number of amides is 1. The Hall–Kier alpha value is -1.78. The number of carbonyl (C=O) groups excluding carboxylic acids is 1. The average Bonchev–Trinajstić information content (AvgIpc) is 3.44. The van der Waals surface area contributed by atoms with Crippen LogP contribution in [0.15, 0.2) is 28.7 Å². The summed E-state index contributed by atoms with van der Waals surface area (Å²) in [6.45, 7) is 1.53. The van der Waals surface area contributed by atoms with E-state index in [2.05, 4.69) is 31.0 Å². The van der Waals surface area contributed by atoms with E-state index in [9.17, 15) is 13.2 Å². The zero-order chi connectivity index (χ0) is 20.6. The first-order chi connectivity index (χ1) is 13.8. The minimum Gasteiger partial charge on any atom is -0.337 e. The van der Waals surface area contributed by atoms with Crippen molar-refractivity contribution in [2.45, 2.75) is 31.6 Å². The van der Waals surface area contributed by atoms with Crippen LogP contribution in [0, 0.1) is 5.92 Å². The normalized spacial score (nSPS) is 20.1. The number of hydrogen-bond acceptors (Lipinski definition) is 5. The van der Waals surface area contributed by atoms with Crippen molar-refractivity contribution < 1.29 is 13.2 Å². The van der Waals surface area contributed by atoms with Crippen LogP contribution < -0.4 is 4.72 Å². The van der Waals surface area contributed by atoms with Gasteiger partial charge in [0.05, 0.1) is 17.6 Å². The quantitative estimate of drug-likeness (QED) is 0.682. The first-order valence-electron chi connectivity index (χ1n) is 9.77. The number of hydrogen-bond donors (Lipinski definition) is 1. The Balaban J connectivity index is 1.55. The highest BCUT2D eigenvalue weighted by Crippen LogP contribution is 2.42. The second-order valence-corrected chi connectivity index (χ2v) is 10.6. The third-order valence-electron chi connectivity index (χ3n) is 5.38. The van der Waals surface area contributed by atoms with Crippen LogP contribution in [0.1, 0.15) is 47.8 Å². The summed E-state index contributed by atoms with van der Waals surface area (Å²) in [5.41, 5.74) is 2.19. The summed E-state index contributed by atoms with van der Waals surface area (Å²) in [7, 11) is -3.24. The molecule has 2 fully saturated rings. The number of nitrogens with zero attached hydrogens (tertiary/aromatic N) is 4. The van der Waals surface area contributed by atoms with E-state index in [0.717, 1.165) is 47.8 Å². The van der Waals surface area contributed by atoms with E-state index in [0.29, 0.717) is 31.2 Å². The summed E-state index contributed by atoms with van der Waals surface area (Å²) in [6, 6.07) is 7.79. The summed E-state index contributed by atoms with van der Waals surface area (Å²) in [5, 5.41) is 8.55. The summed E-state index contributed by atoms with van der Waals surface area (Å²) in [4.78, 5) is 15.1. The van der Waals surface area contributed by atoms with Gasteiger partial charge in [0.15, 0.2) is 5.69 Å². The Morgan fingerprint density at radius 1 is 1.24 bits per heavy atom. The SMILES string of the molecule is CS(=O)(=O)NCC1CCCN(C(=O)c2nnn(-c3ccc(Br)cc3)c2C2CC2)C1. The van der Waals surface area contributed by atoms with Crippen LogP contribution in [0.4, 0.5) is 0 Å². The molecule has 1 saturated carbocycles. The Labute approximate surface area is 178 Å². The number of rotatable bonds is 6. The van der Waals surface area contributed by atoms with E-state index >= 15 is 0 Å². The number of likely N-dealkylation sites (tertiary alicyclic amines) is 1. The maximum Gasteiger partial charge on any atom is 0.276 e. The molecule has 1 atom stereocenters. The summed E-state index contributed by atoms with van der Waals surface area (Å²) in [6.07, 6.45) is 4.96. The number of benzene rings is 1. The van der Waals surface area contributed by atoms with Crippen LogP contribution in [-0.2, 0) is 10.0 Å². The fourth-order valence-corrected chi connectivity index (χ4v) is 4.58. The number of halogens is 1. The van der Waals surface area contributed by atoms with Crippen molar-refractivity contribution in [1.82, 2.24) is 24.6 Å². The van der Waals surface area contributed by atoms with Crippen LogP contribution in [-0.4, -0.2) is 60.1 Å². The van der Waals surface area contributed by atoms with Crippen LogP contribution in [0.25, 0.3) is 5.69 Å². The highest BCUT2D eigenvalue weighted by molar-refractivity contribution is 9.10. The topological polar surface area (TPSA) is 97.2 Å². The zero-order valence-corrected chi connectivity index (χ0v) is 18.6. The Bertz CT molecular complexity index is 1000. The summed E-state index contributed by atoms with van der Waals surface area (Å²) >= 11 is 3.44. The van der Waals surface area contributed by atoms with Crippen molar-refractivity contribution in [3.63, 3.8) is 0 Å². The average molecular weight is 482 g/mol. The second kappa shape index (κ2) is 8.16. The van der Waals surface area contributed by atoms with Crippen molar-refractivity contribution in [2.24, 2.45) is 5.92 Å². The molecule has 10 heteroatoms. The molecule has 1 amide bonds. The molecule has 2 aliphatic rings. The molecule has 0 bridgehead atoms. The lowest BCUT2D eigenvalue weighted by Crippen LogP contribution is -2.44. The lowest BCUT2D eigenvalue weighted by Gasteiger charge is -2.32. The standard InChI is InChI=1S/C19H24BrN5O3S/c1-29(27,28)21-11-13-3-2-10-24(12-13)19(26)17-18(14-4-5-14)25(23-22-17)16-8-6-15(20)7-9-16/h6-9,13-14,21H,2-5,10-12H2,1H3. The van der Waals surface area contributed by atoms with Gasteiger partial charge in [-0.3, -0.25) is 4.79 Å². The molecular formula is C19H24BrN5O3S. The molecule has 1 N–H and O–H groups in total. The number of piperidine rings is 1. The van der Waals surface area contributed by atoms with Crippen LogP contribution >= 0.6 is 15.9 Å². The van der Waals surface area contributed by atoms with Crippen molar-refractivity contribution in [2.75, 3.05) is 25.9 Å². The molecule has 0 spiro atoms. The second-order valence-electron chi connectivity index (χ2n) is 7.87. The van der Waals surface area contributed by atoms with Gasteiger partial charge in [-0.1, -0.05) is 21.1 Å². The van der Waals surface area contributed by atoms with Crippen molar-refractivity contribution in [3.05, 3.63) is 40.1 Å². The third kappa shape index (κ3) is 4.87. The molecular weight excluding hydrogens is 458 g/mol. The van der Waals surface area contributed by atoms with Gasteiger partial charge in [0.2, 0.25) is 10.0 Å². The van der Waals surface area contributed by atoms with Gasteiger partial charge < -0.3 is 4.90 Å². The first kappa shape index (κ1) is 20.5. The number of carbonyl (C=O) groups is 1. The zero-order valence-electron chi connectivity index (χ0n) is 16.2. The van der Waals surface area contributed by atoms with Gasteiger partial charge in [-0.25, -0.2) is 17.8 Å². The smallest absolute Gasteiger partial charge is 0.276 e. The first-order valence-corrected chi connectivity index (χ1v) is 12.5. The molecule has 1 aromatic carbocycles. The highest BCUT2D eigenvalue weighted by Gasteiger charge is 2.36. The molecule has 2 heterocycles. The molecule has 0 radical (unpaired) electrons. The molecule has 2 aromatic rings. The predicted octanol–water partition coefficient (Wildman–Crippen LogP) is 2.31. The van der Waals surface area contributed by atoms with E-state index in [1.807, 2.05) is 24.3 Å². The lowest BCUT2D eigenvalue weighted by atomic mass is 9.98. The number of aromatic nitrogens is 3. The van der Waals surface area contributed by atoms with Gasteiger partial charge in [-0.2, -0.15) is 0 Å². The minimum atomic E-state index is -3.24. The van der Waals surface area contributed by atoms with Crippen molar-refractivity contribution in [3.8, 4) is 5.69 Å². The fraction of sp³-hybridized carbons (Fsp3) is 0.526. The number of nitrogens with one attached hydrogen (secondary N) is 1. The molecule has 1 unspecified atom stereocenters. The van der Waals surface area contributed by atoms with Crippen LogP contribution in [0.3, 0.4) is 0 Å². The molecule has 29 heavy (non-hydrogen) atoms. The third-order valence-corrected chi connectivity index (χ3v) is 6.60. The fourth-order valence-electron chi connectivity index (χ4n) is 3.77. The molecule has 4 rings (SSSR count). The predicted molar refractivity (Wildman–Crippen MR) is 113 cm³/mol. The van der Waals surface area contributed by atoms with E-state index in [4.69, 9.17) is 0 Å². The van der Waals surface area contributed by atoms with E-state index in [1.165, 1.54) is 0 Å². The van der Waals surface area contributed by atoms with E-state index in [1.54, 1.807) is 9.58 Å². The molecule has 1 aliphatic carbocycles. The molecule has 1 saturated heterocycles. The van der Waals surface area contributed by atoms with Gasteiger partial charge in [0, 0.05) is 30.0 Å². The van der Waals surface area contributed by atoms with Crippen LogP contribution in [0.2, 0.25) is 0 Å². The Kier molecular flexibility index (Phi) is 5.76. The van der Waals surface area contributed by atoms with Crippen molar-refractivity contribution in [1.29, 1.82) is 0 Å². The monoisotopic (exact) mass is 481 g/mol. The maximum absolute atomic E-state index is 13.3. The van der Waals surface area contributed by atoms with Gasteiger partial charge in [-0.15, -0.1) is 5.10 Å². The maximum atomic E-state index is 13.3. The molecule has 8 nitrogen and oxygen atoms in total.